The van der Waals surface area contributed by atoms with E-state index in [4.69, 9.17) is 15.0 Å². The summed E-state index contributed by atoms with van der Waals surface area (Å²) in [6.45, 7) is 0. The van der Waals surface area contributed by atoms with E-state index in [0.29, 0.717) is 0 Å². The van der Waals surface area contributed by atoms with Crippen molar-refractivity contribution in [3.63, 3.8) is 0 Å². The summed E-state index contributed by atoms with van der Waals surface area (Å²) < 4.78 is 0. The van der Waals surface area contributed by atoms with Crippen LogP contribution < -0.4 is 0 Å². The normalized spacial score (nSPS) is 11.8. The van der Waals surface area contributed by atoms with E-state index in [1.807, 2.05) is 24.5 Å². The maximum atomic E-state index is 5.34. The molecule has 0 bridgehead atoms. The van der Waals surface area contributed by atoms with Crippen LogP contribution in [0.25, 0.3) is 109 Å². The summed E-state index contributed by atoms with van der Waals surface area (Å²) in [5, 5.41) is 13.1. The number of benzene rings is 8. The van der Waals surface area contributed by atoms with Crippen LogP contribution in [0.1, 0.15) is 0 Å². The van der Waals surface area contributed by atoms with Crippen molar-refractivity contribution < 1.29 is 0 Å². The first-order chi connectivity index (χ1) is 25.8. The molecule has 0 spiro atoms. The fourth-order valence-corrected chi connectivity index (χ4v) is 8.48. The fourth-order valence-electron chi connectivity index (χ4n) is 8.48. The van der Waals surface area contributed by atoms with Crippen molar-refractivity contribution in [2.75, 3.05) is 0 Å². The van der Waals surface area contributed by atoms with E-state index in [9.17, 15) is 0 Å². The third-order valence-electron chi connectivity index (χ3n) is 10.7. The van der Waals surface area contributed by atoms with Crippen molar-refractivity contribution in [2.24, 2.45) is 0 Å². The van der Waals surface area contributed by atoms with Crippen LogP contribution in [0.15, 0.2) is 176 Å². The first-order valence-corrected chi connectivity index (χ1v) is 17.7. The minimum Gasteiger partial charge on any atom is -0.254 e. The van der Waals surface area contributed by atoms with Gasteiger partial charge in [0.2, 0.25) is 0 Å². The number of hydrogen-bond donors (Lipinski definition) is 0. The number of hydrogen-bond acceptors (Lipinski definition) is 3. The molecule has 0 atom stereocenters. The summed E-state index contributed by atoms with van der Waals surface area (Å²) in [6, 6.07) is 58.9. The Hall–Kier alpha value is -6.97. The molecule has 0 aliphatic carbocycles. The molecule has 0 saturated heterocycles. The van der Waals surface area contributed by atoms with Gasteiger partial charge in [0.25, 0.3) is 0 Å². The fraction of sp³-hybridized carbons (Fsp3) is 0. The highest BCUT2D eigenvalue weighted by atomic mass is 14.7. The first kappa shape index (κ1) is 28.8. The summed E-state index contributed by atoms with van der Waals surface area (Å²) in [5.74, 6) is 0. The number of pyridine rings is 3. The molecule has 0 N–H and O–H groups in total. The smallest absolute Gasteiger partial charge is 0.0970 e. The maximum absolute atomic E-state index is 5.34. The third-order valence-corrected chi connectivity index (χ3v) is 10.7. The topological polar surface area (TPSA) is 38.7 Å². The van der Waals surface area contributed by atoms with Gasteiger partial charge in [-0.05, 0) is 84.9 Å². The van der Waals surface area contributed by atoms with Crippen molar-refractivity contribution in [3.8, 4) is 33.5 Å². The van der Waals surface area contributed by atoms with Gasteiger partial charge in [-0.3, -0.25) is 9.97 Å². The Morgan fingerprint density at radius 1 is 0.346 bits per heavy atom. The van der Waals surface area contributed by atoms with E-state index in [-0.39, 0.29) is 0 Å². The summed E-state index contributed by atoms with van der Waals surface area (Å²) in [7, 11) is 0. The van der Waals surface area contributed by atoms with Crippen LogP contribution in [0.5, 0.6) is 0 Å². The predicted molar refractivity (Wildman–Crippen MR) is 219 cm³/mol. The minimum atomic E-state index is 0.920. The van der Waals surface area contributed by atoms with Gasteiger partial charge >= 0.3 is 0 Å². The Labute approximate surface area is 299 Å². The number of para-hydroxylation sites is 1. The lowest BCUT2D eigenvalue weighted by Gasteiger charge is -2.19. The van der Waals surface area contributed by atoms with E-state index in [1.165, 1.54) is 54.2 Å². The van der Waals surface area contributed by atoms with Gasteiger partial charge < -0.3 is 0 Å². The number of rotatable bonds is 3. The minimum absolute atomic E-state index is 0.920. The Balaban J connectivity index is 1.21. The van der Waals surface area contributed by atoms with Crippen molar-refractivity contribution in [2.45, 2.75) is 0 Å². The average molecular weight is 660 g/mol. The molecule has 0 fully saturated rings. The molecular weight excluding hydrogens is 631 g/mol. The predicted octanol–water partition coefficient (Wildman–Crippen LogP) is 12.9. The van der Waals surface area contributed by atoms with Gasteiger partial charge in [-0.2, -0.15) is 0 Å². The molecule has 0 saturated carbocycles. The van der Waals surface area contributed by atoms with E-state index in [1.54, 1.807) is 0 Å². The Morgan fingerprint density at radius 2 is 0.942 bits per heavy atom. The van der Waals surface area contributed by atoms with Crippen molar-refractivity contribution in [1.29, 1.82) is 0 Å². The molecule has 52 heavy (non-hydrogen) atoms. The quantitative estimate of drug-likeness (QED) is 0.140. The van der Waals surface area contributed by atoms with E-state index >= 15 is 0 Å². The molecule has 11 aromatic rings. The lowest BCUT2D eigenvalue weighted by Crippen LogP contribution is -1.94. The SMILES string of the molecule is c1cc(-c2c3ccccc3c(-c3cc4cccnc4c4ncccc34)c3ccccc23)cc(-c2nc3ccccc3c3c2ccc2ccccc23)c1. The van der Waals surface area contributed by atoms with Crippen LogP contribution >= 0.6 is 0 Å². The van der Waals surface area contributed by atoms with E-state index < -0.39 is 0 Å². The van der Waals surface area contributed by atoms with E-state index in [0.717, 1.165) is 55.1 Å². The van der Waals surface area contributed by atoms with Crippen LogP contribution in [0.4, 0.5) is 0 Å². The molecule has 3 nitrogen and oxygen atoms in total. The summed E-state index contributed by atoms with van der Waals surface area (Å²) >= 11 is 0. The van der Waals surface area contributed by atoms with E-state index in [2.05, 4.69) is 152 Å². The second kappa shape index (κ2) is 11.3. The maximum Gasteiger partial charge on any atom is 0.0970 e. The summed E-state index contributed by atoms with van der Waals surface area (Å²) in [6.07, 6.45) is 3.71. The van der Waals surface area contributed by atoms with Crippen LogP contribution in [0, 0.1) is 0 Å². The van der Waals surface area contributed by atoms with Gasteiger partial charge in [0, 0.05) is 44.9 Å². The summed E-state index contributed by atoms with van der Waals surface area (Å²) in [4.78, 5) is 14.9. The molecule has 8 aromatic carbocycles. The number of aromatic nitrogens is 3. The highest BCUT2D eigenvalue weighted by molar-refractivity contribution is 6.26. The molecule has 3 aromatic heterocycles. The standard InChI is InChI=1S/C49H29N3/c1-2-16-34-30(12-1)24-25-41-45(34)40-21-7-8-23-43(40)52-47(41)32-14-9-13-31(28-32)44-35-17-3-5-19-37(35)46(38-20-6-4-18-36(38)44)42-29-33-15-10-26-50-48(33)49-39(42)22-11-27-51-49/h1-29H. The zero-order chi connectivity index (χ0) is 34.2. The monoisotopic (exact) mass is 659 g/mol. The third kappa shape index (κ3) is 4.23. The Morgan fingerprint density at radius 3 is 1.73 bits per heavy atom. The molecule has 240 valence electrons. The van der Waals surface area contributed by atoms with Crippen molar-refractivity contribution in [1.82, 2.24) is 15.0 Å². The van der Waals surface area contributed by atoms with Crippen LogP contribution in [0.2, 0.25) is 0 Å². The second-order valence-electron chi connectivity index (χ2n) is 13.5. The van der Waals surface area contributed by atoms with Crippen molar-refractivity contribution >= 4 is 75.8 Å². The zero-order valence-corrected chi connectivity index (χ0v) is 28.1. The van der Waals surface area contributed by atoms with Gasteiger partial charge in [-0.1, -0.05) is 133 Å². The van der Waals surface area contributed by atoms with Gasteiger partial charge in [-0.25, -0.2) is 4.98 Å². The van der Waals surface area contributed by atoms with Gasteiger partial charge in [0.05, 0.1) is 22.2 Å². The van der Waals surface area contributed by atoms with Crippen LogP contribution in [-0.2, 0) is 0 Å². The first-order valence-electron chi connectivity index (χ1n) is 17.7. The Kier molecular flexibility index (Phi) is 6.25. The van der Waals surface area contributed by atoms with Gasteiger partial charge in [0.1, 0.15) is 0 Å². The largest absolute Gasteiger partial charge is 0.254 e. The second-order valence-corrected chi connectivity index (χ2v) is 13.5. The molecule has 0 amide bonds. The van der Waals surface area contributed by atoms with Crippen LogP contribution in [0.3, 0.4) is 0 Å². The van der Waals surface area contributed by atoms with Crippen molar-refractivity contribution in [3.05, 3.63) is 176 Å². The molecule has 0 aliphatic heterocycles. The number of nitrogens with zero attached hydrogens (tertiary/aromatic N) is 3. The highest BCUT2D eigenvalue weighted by Gasteiger charge is 2.20. The molecule has 11 rings (SSSR count). The highest BCUT2D eigenvalue weighted by Crippen LogP contribution is 2.47. The molecular formula is C49H29N3. The summed E-state index contributed by atoms with van der Waals surface area (Å²) in [5.41, 5.74) is 9.69. The lowest BCUT2D eigenvalue weighted by atomic mass is 9.84. The Bertz CT molecular complexity index is 3180. The van der Waals surface area contributed by atoms with Gasteiger partial charge in [-0.15, -0.1) is 0 Å². The lowest BCUT2D eigenvalue weighted by molar-refractivity contribution is 1.37. The molecule has 0 aliphatic rings. The average Bonchev–Trinajstić information content (AvgIpc) is 3.22. The number of fused-ring (bicyclic) bond motifs is 10. The zero-order valence-electron chi connectivity index (χ0n) is 28.1. The van der Waals surface area contributed by atoms with Crippen LogP contribution in [-0.4, -0.2) is 15.0 Å². The molecule has 3 heterocycles. The van der Waals surface area contributed by atoms with Gasteiger partial charge in [0.15, 0.2) is 0 Å². The molecule has 0 unspecified atom stereocenters. The molecule has 3 heteroatoms. The molecule has 0 radical (unpaired) electrons.